The van der Waals surface area contributed by atoms with Gasteiger partial charge in [0.15, 0.2) is 0 Å². The van der Waals surface area contributed by atoms with Gasteiger partial charge in [0.1, 0.15) is 0 Å². The largest absolute Gasteiger partial charge is 0.478 e. The number of aliphatic hydroxyl groups excluding tert-OH is 2. The highest BCUT2D eigenvalue weighted by Gasteiger charge is 2.26. The molecule has 8 heteroatoms. The van der Waals surface area contributed by atoms with Gasteiger partial charge in [0.05, 0.1) is 36.5 Å². The molecule has 3 N–H and O–H groups in total. The number of rotatable bonds is 15. The van der Waals surface area contributed by atoms with Crippen LogP contribution in [0.25, 0.3) is 0 Å². The number of amides is 1. The minimum Gasteiger partial charge on any atom is -0.478 e. The summed E-state index contributed by atoms with van der Waals surface area (Å²) in [5, 5.41) is 28.2. The van der Waals surface area contributed by atoms with Crippen molar-refractivity contribution in [2.45, 2.75) is 81.1 Å². The maximum atomic E-state index is 13.0. The minimum absolute atomic E-state index is 0.0507. The SMILES string of the molecule is CC(CC(COC(=O)c1ccc(C(=O)N(CCO)CCO)c(C(=O)O)c1)CC(C)CC(C)(C)C)CC(C)(C)C. The van der Waals surface area contributed by atoms with Gasteiger partial charge in [0.2, 0.25) is 0 Å². The van der Waals surface area contributed by atoms with Crippen molar-refractivity contribution in [1.82, 2.24) is 4.90 Å². The number of aromatic carboxylic acids is 1. The van der Waals surface area contributed by atoms with Crippen molar-refractivity contribution in [1.29, 1.82) is 0 Å². The van der Waals surface area contributed by atoms with Crippen LogP contribution in [0.4, 0.5) is 0 Å². The predicted molar refractivity (Wildman–Crippen MR) is 153 cm³/mol. The van der Waals surface area contributed by atoms with Crippen LogP contribution in [0, 0.1) is 28.6 Å². The molecule has 0 bridgehead atoms. The van der Waals surface area contributed by atoms with E-state index in [1.54, 1.807) is 0 Å². The van der Waals surface area contributed by atoms with E-state index in [9.17, 15) is 29.7 Å². The summed E-state index contributed by atoms with van der Waals surface area (Å²) < 4.78 is 5.72. The van der Waals surface area contributed by atoms with Crippen molar-refractivity contribution in [2.24, 2.45) is 28.6 Å². The molecule has 8 nitrogen and oxygen atoms in total. The van der Waals surface area contributed by atoms with Crippen LogP contribution < -0.4 is 0 Å². The van der Waals surface area contributed by atoms with Crippen LogP contribution in [-0.2, 0) is 4.74 Å². The van der Waals surface area contributed by atoms with Gasteiger partial charge in [-0.3, -0.25) is 4.79 Å². The van der Waals surface area contributed by atoms with Gasteiger partial charge in [-0.2, -0.15) is 0 Å². The van der Waals surface area contributed by atoms with E-state index in [-0.39, 0.29) is 66.3 Å². The fourth-order valence-electron chi connectivity index (χ4n) is 5.67. The normalized spacial score (nSPS) is 14.4. The second kappa shape index (κ2) is 15.4. The third kappa shape index (κ3) is 13.0. The fraction of sp³-hybridized carbons (Fsp3) is 0.710. The Morgan fingerprint density at radius 3 is 1.74 bits per heavy atom. The van der Waals surface area contributed by atoms with Crippen molar-refractivity contribution in [2.75, 3.05) is 32.9 Å². The Bertz CT molecular complexity index is 915. The Kier molecular flexibility index (Phi) is 13.6. The first-order valence-electron chi connectivity index (χ1n) is 14.0. The summed E-state index contributed by atoms with van der Waals surface area (Å²) in [7, 11) is 0. The summed E-state index contributed by atoms with van der Waals surface area (Å²) in [6.07, 6.45) is 3.98. The number of hydrogen-bond donors (Lipinski definition) is 3. The van der Waals surface area contributed by atoms with Crippen LogP contribution in [0.5, 0.6) is 0 Å². The zero-order valence-corrected chi connectivity index (χ0v) is 25.2. The van der Waals surface area contributed by atoms with E-state index in [4.69, 9.17) is 4.74 Å². The molecule has 1 amide bonds. The van der Waals surface area contributed by atoms with Gasteiger partial charge in [-0.25, -0.2) is 9.59 Å². The molecule has 1 rings (SSSR count). The van der Waals surface area contributed by atoms with E-state index < -0.39 is 17.8 Å². The third-order valence-electron chi connectivity index (χ3n) is 6.59. The van der Waals surface area contributed by atoms with E-state index in [1.807, 2.05) is 0 Å². The first kappa shape index (κ1) is 34.6. The predicted octanol–water partition coefficient (Wildman–Crippen LogP) is 5.51. The molecule has 0 radical (unpaired) electrons. The average molecular weight is 550 g/mol. The van der Waals surface area contributed by atoms with Crippen molar-refractivity contribution in [3.05, 3.63) is 34.9 Å². The molecule has 1 aromatic rings. The Labute approximate surface area is 234 Å². The van der Waals surface area contributed by atoms with Gasteiger partial charge in [-0.05, 0) is 72.5 Å². The van der Waals surface area contributed by atoms with E-state index in [0.29, 0.717) is 11.8 Å². The van der Waals surface area contributed by atoms with Gasteiger partial charge in [-0.1, -0.05) is 55.4 Å². The van der Waals surface area contributed by atoms with Crippen molar-refractivity contribution in [3.8, 4) is 0 Å². The zero-order valence-electron chi connectivity index (χ0n) is 25.2. The molecule has 2 unspecified atom stereocenters. The maximum absolute atomic E-state index is 13.0. The molecule has 1 aromatic carbocycles. The number of ether oxygens (including phenoxy) is 1. The number of carbonyl (C=O) groups excluding carboxylic acids is 2. The van der Waals surface area contributed by atoms with Crippen molar-refractivity contribution >= 4 is 17.8 Å². The molecule has 0 saturated heterocycles. The lowest BCUT2D eigenvalue weighted by atomic mass is 9.77. The topological polar surface area (TPSA) is 124 Å². The van der Waals surface area contributed by atoms with Gasteiger partial charge in [0, 0.05) is 13.1 Å². The van der Waals surface area contributed by atoms with Crippen molar-refractivity contribution in [3.63, 3.8) is 0 Å². The van der Waals surface area contributed by atoms with Crippen LogP contribution in [0.2, 0.25) is 0 Å². The fourth-order valence-corrected chi connectivity index (χ4v) is 5.67. The molecular formula is C31H51NO7. The van der Waals surface area contributed by atoms with Crippen LogP contribution in [0.15, 0.2) is 18.2 Å². The number of carbonyl (C=O) groups is 3. The Balaban J connectivity index is 3.09. The molecule has 0 heterocycles. The van der Waals surface area contributed by atoms with E-state index in [2.05, 4.69) is 55.4 Å². The standard InChI is InChI=1S/C31H51NO7/c1-21(18-30(3,4)5)15-23(16-22(2)19-31(6,7)8)20-39-29(38)24-9-10-25(26(17-24)28(36)37)27(35)32(11-13-33)12-14-34/h9-10,17,21-23,33-34H,11-16,18-20H2,1-8H3,(H,36,37). The van der Waals surface area contributed by atoms with E-state index >= 15 is 0 Å². The number of esters is 1. The quantitative estimate of drug-likeness (QED) is 0.246. The molecule has 0 aromatic heterocycles. The molecule has 39 heavy (non-hydrogen) atoms. The maximum Gasteiger partial charge on any atom is 0.338 e. The molecule has 0 aliphatic rings. The van der Waals surface area contributed by atoms with E-state index in [1.165, 1.54) is 17.0 Å². The average Bonchev–Trinajstić information content (AvgIpc) is 2.78. The number of benzene rings is 1. The molecule has 0 saturated carbocycles. The summed E-state index contributed by atoms with van der Waals surface area (Å²) in [6, 6.07) is 3.84. The number of carboxylic acids is 1. The Morgan fingerprint density at radius 2 is 1.33 bits per heavy atom. The Hall–Kier alpha value is -2.45. The first-order valence-corrected chi connectivity index (χ1v) is 14.0. The monoisotopic (exact) mass is 549 g/mol. The highest BCUT2D eigenvalue weighted by Crippen LogP contribution is 2.33. The van der Waals surface area contributed by atoms with Gasteiger partial charge in [-0.15, -0.1) is 0 Å². The summed E-state index contributed by atoms with van der Waals surface area (Å²) in [4.78, 5) is 39.0. The lowest BCUT2D eigenvalue weighted by Crippen LogP contribution is -2.36. The summed E-state index contributed by atoms with van der Waals surface area (Å²) in [5.74, 6) is -1.53. The van der Waals surface area contributed by atoms with Crippen LogP contribution in [0.1, 0.15) is 112 Å². The van der Waals surface area contributed by atoms with E-state index in [0.717, 1.165) is 31.7 Å². The highest BCUT2D eigenvalue weighted by molar-refractivity contribution is 6.06. The molecule has 0 fully saturated rings. The summed E-state index contributed by atoms with van der Waals surface area (Å²) in [5.41, 5.74) is 0.0153. The number of aliphatic hydroxyl groups is 2. The smallest absolute Gasteiger partial charge is 0.338 e. The van der Waals surface area contributed by atoms with Crippen LogP contribution in [0.3, 0.4) is 0 Å². The minimum atomic E-state index is -1.36. The lowest BCUT2D eigenvalue weighted by molar-refractivity contribution is 0.0387. The molecule has 222 valence electrons. The zero-order chi connectivity index (χ0) is 30.0. The van der Waals surface area contributed by atoms with Gasteiger partial charge < -0.3 is 25.0 Å². The number of carboxylic acid groups (broad SMARTS) is 1. The summed E-state index contributed by atoms with van der Waals surface area (Å²) in [6.45, 7) is 17.3. The van der Waals surface area contributed by atoms with Gasteiger partial charge >= 0.3 is 11.9 Å². The Morgan fingerprint density at radius 1 is 0.846 bits per heavy atom. The molecular weight excluding hydrogens is 498 g/mol. The number of nitrogens with zero attached hydrogens (tertiary/aromatic N) is 1. The molecule has 0 aliphatic heterocycles. The second-order valence-electron chi connectivity index (χ2n) is 13.5. The van der Waals surface area contributed by atoms with Crippen LogP contribution >= 0.6 is 0 Å². The lowest BCUT2D eigenvalue weighted by Gasteiger charge is -2.30. The van der Waals surface area contributed by atoms with Gasteiger partial charge in [0.25, 0.3) is 5.91 Å². The van der Waals surface area contributed by atoms with Crippen LogP contribution in [-0.4, -0.2) is 71.0 Å². The summed E-state index contributed by atoms with van der Waals surface area (Å²) >= 11 is 0. The molecule has 2 atom stereocenters. The molecule has 0 aliphatic carbocycles. The second-order valence-corrected chi connectivity index (χ2v) is 13.5. The first-order chi connectivity index (χ1) is 18.0. The highest BCUT2D eigenvalue weighted by atomic mass is 16.5. The van der Waals surface area contributed by atoms with Crippen molar-refractivity contribution < 1.29 is 34.4 Å². The number of hydrogen-bond acceptors (Lipinski definition) is 6. The third-order valence-corrected chi connectivity index (χ3v) is 6.59. The molecule has 0 spiro atoms.